The molecule has 27 heavy (non-hydrogen) atoms. The van der Waals surface area contributed by atoms with Gasteiger partial charge in [0, 0.05) is 19.8 Å². The lowest BCUT2D eigenvalue weighted by molar-refractivity contribution is 1.52. The van der Waals surface area contributed by atoms with Gasteiger partial charge in [0.05, 0.1) is 23.3 Å². The van der Waals surface area contributed by atoms with E-state index < -0.39 is 0 Å². The van der Waals surface area contributed by atoms with Crippen molar-refractivity contribution in [3.8, 4) is 12.1 Å². The van der Waals surface area contributed by atoms with Crippen molar-refractivity contribution in [3.63, 3.8) is 0 Å². The maximum atomic E-state index is 9.46. The SMILES string of the molecule is N#CC(=Cc1ccc(C=C(C#N)c2ccc(Cl)cc2)s1)c1ccc(Cl)cc1. The summed E-state index contributed by atoms with van der Waals surface area (Å²) in [5.74, 6) is 0. The molecule has 2 nitrogen and oxygen atoms in total. The third-order valence-corrected chi connectivity index (χ3v) is 5.26. The number of nitrogens with zero attached hydrogens (tertiary/aromatic N) is 2. The Kier molecular flexibility index (Phi) is 6.12. The van der Waals surface area contributed by atoms with Gasteiger partial charge in [0.15, 0.2) is 0 Å². The fraction of sp³-hybridized carbons (Fsp3) is 0. The molecular weight excluding hydrogens is 395 g/mol. The Morgan fingerprint density at radius 2 is 1.04 bits per heavy atom. The summed E-state index contributed by atoms with van der Waals surface area (Å²) in [7, 11) is 0. The van der Waals surface area contributed by atoms with E-state index in [-0.39, 0.29) is 0 Å². The van der Waals surface area contributed by atoms with Crippen LogP contribution in [0.5, 0.6) is 0 Å². The van der Waals surface area contributed by atoms with Gasteiger partial charge in [0.25, 0.3) is 0 Å². The summed E-state index contributed by atoms with van der Waals surface area (Å²) in [5.41, 5.74) is 2.74. The first-order chi connectivity index (χ1) is 13.1. The van der Waals surface area contributed by atoms with Gasteiger partial charge in [0.1, 0.15) is 0 Å². The maximum Gasteiger partial charge on any atom is 0.0998 e. The molecule has 3 rings (SSSR count). The molecular formula is C22H12Cl2N2S. The molecule has 2 aromatic carbocycles. The fourth-order valence-electron chi connectivity index (χ4n) is 2.43. The molecule has 0 N–H and O–H groups in total. The Labute approximate surface area is 171 Å². The first-order valence-corrected chi connectivity index (χ1v) is 9.51. The van der Waals surface area contributed by atoms with Crippen LogP contribution in [0.15, 0.2) is 60.7 Å². The fourth-order valence-corrected chi connectivity index (χ4v) is 3.58. The van der Waals surface area contributed by atoms with Gasteiger partial charge in [-0.05, 0) is 59.7 Å². The largest absolute Gasteiger partial charge is 0.192 e. The normalized spacial score (nSPS) is 11.7. The third kappa shape index (κ3) is 4.88. The van der Waals surface area contributed by atoms with E-state index in [2.05, 4.69) is 12.1 Å². The second-order valence-electron chi connectivity index (χ2n) is 5.59. The smallest absolute Gasteiger partial charge is 0.0998 e. The van der Waals surface area contributed by atoms with E-state index in [9.17, 15) is 10.5 Å². The number of benzene rings is 2. The number of nitriles is 2. The van der Waals surface area contributed by atoms with Crippen molar-refractivity contribution >= 4 is 57.8 Å². The van der Waals surface area contributed by atoms with Crippen LogP contribution in [-0.2, 0) is 0 Å². The monoisotopic (exact) mass is 406 g/mol. The topological polar surface area (TPSA) is 47.6 Å². The Bertz CT molecular complexity index is 1000. The molecule has 1 heterocycles. The summed E-state index contributed by atoms with van der Waals surface area (Å²) in [6, 6.07) is 22.6. The average Bonchev–Trinajstić information content (AvgIpc) is 3.13. The van der Waals surface area contributed by atoms with Gasteiger partial charge in [0.2, 0.25) is 0 Å². The Hall–Kier alpha value is -2.82. The molecule has 0 bridgehead atoms. The first kappa shape index (κ1) is 19.0. The van der Waals surface area contributed by atoms with E-state index in [1.54, 1.807) is 24.3 Å². The quantitative estimate of drug-likeness (QED) is 0.430. The molecule has 0 saturated heterocycles. The molecule has 1 aromatic heterocycles. The lowest BCUT2D eigenvalue weighted by Gasteiger charge is -1.99. The number of halogens is 2. The lowest BCUT2D eigenvalue weighted by Crippen LogP contribution is -1.80. The third-order valence-electron chi connectivity index (χ3n) is 3.77. The Morgan fingerprint density at radius 3 is 1.37 bits per heavy atom. The molecule has 0 aliphatic carbocycles. The highest BCUT2D eigenvalue weighted by Crippen LogP contribution is 2.27. The standard InChI is InChI=1S/C22H12Cl2N2S/c23-19-5-1-15(2-6-19)17(13-25)11-21-9-10-22(27-21)12-18(14-26)16-3-7-20(24)8-4-16/h1-12H. The average molecular weight is 407 g/mol. The van der Waals surface area contributed by atoms with Crippen molar-refractivity contribution < 1.29 is 0 Å². The van der Waals surface area contributed by atoms with Crippen LogP contribution in [0.25, 0.3) is 23.3 Å². The minimum Gasteiger partial charge on any atom is -0.192 e. The van der Waals surface area contributed by atoms with Crippen molar-refractivity contribution in [2.75, 3.05) is 0 Å². The zero-order valence-electron chi connectivity index (χ0n) is 14.0. The van der Waals surface area contributed by atoms with Gasteiger partial charge in [-0.25, -0.2) is 0 Å². The summed E-state index contributed by atoms with van der Waals surface area (Å²) in [6.45, 7) is 0. The molecule has 0 spiro atoms. The van der Waals surface area contributed by atoms with Crippen LogP contribution in [0.4, 0.5) is 0 Å². The summed E-state index contributed by atoms with van der Waals surface area (Å²) in [5, 5.41) is 20.2. The minimum atomic E-state index is 0.558. The first-order valence-electron chi connectivity index (χ1n) is 7.94. The summed E-state index contributed by atoms with van der Waals surface area (Å²) in [6.07, 6.45) is 3.67. The van der Waals surface area contributed by atoms with E-state index in [4.69, 9.17) is 23.2 Å². The number of hydrogen-bond donors (Lipinski definition) is 0. The Balaban J connectivity index is 1.89. The van der Waals surface area contributed by atoms with E-state index in [1.165, 1.54) is 11.3 Å². The highest BCUT2D eigenvalue weighted by Gasteiger charge is 2.05. The van der Waals surface area contributed by atoms with Gasteiger partial charge < -0.3 is 0 Å². The van der Waals surface area contributed by atoms with E-state index in [0.29, 0.717) is 21.2 Å². The number of hydrogen-bond acceptors (Lipinski definition) is 3. The van der Waals surface area contributed by atoms with Crippen LogP contribution < -0.4 is 0 Å². The van der Waals surface area contributed by atoms with Crippen molar-refractivity contribution in [1.29, 1.82) is 10.5 Å². The van der Waals surface area contributed by atoms with Gasteiger partial charge >= 0.3 is 0 Å². The summed E-state index contributed by atoms with van der Waals surface area (Å²) >= 11 is 13.3. The predicted octanol–water partition coefficient (Wildman–Crippen LogP) is 7.18. The van der Waals surface area contributed by atoms with Crippen LogP contribution in [0, 0.1) is 22.7 Å². The molecule has 130 valence electrons. The van der Waals surface area contributed by atoms with Crippen LogP contribution in [0.2, 0.25) is 10.0 Å². The lowest BCUT2D eigenvalue weighted by atomic mass is 10.1. The molecule has 5 heteroatoms. The Morgan fingerprint density at radius 1 is 0.667 bits per heavy atom. The highest BCUT2D eigenvalue weighted by atomic mass is 35.5. The highest BCUT2D eigenvalue weighted by molar-refractivity contribution is 7.13. The molecule has 0 aliphatic heterocycles. The second kappa shape index (κ2) is 8.71. The van der Waals surface area contributed by atoms with Gasteiger partial charge in [-0.3, -0.25) is 0 Å². The van der Waals surface area contributed by atoms with E-state index >= 15 is 0 Å². The van der Waals surface area contributed by atoms with Crippen LogP contribution in [-0.4, -0.2) is 0 Å². The minimum absolute atomic E-state index is 0.558. The zero-order chi connectivity index (χ0) is 19.2. The number of thiophene rings is 1. The van der Waals surface area contributed by atoms with Gasteiger partial charge in [-0.2, -0.15) is 10.5 Å². The van der Waals surface area contributed by atoms with Crippen LogP contribution in [0.3, 0.4) is 0 Å². The molecule has 0 saturated carbocycles. The molecule has 0 atom stereocenters. The molecule has 0 aliphatic rings. The molecule has 0 amide bonds. The number of allylic oxidation sites excluding steroid dienone is 2. The number of rotatable bonds is 4. The molecule has 3 aromatic rings. The summed E-state index contributed by atoms with van der Waals surface area (Å²) < 4.78 is 0. The maximum absolute atomic E-state index is 9.46. The molecule has 0 radical (unpaired) electrons. The van der Waals surface area contributed by atoms with Crippen molar-refractivity contribution in [1.82, 2.24) is 0 Å². The van der Waals surface area contributed by atoms with E-state index in [1.807, 2.05) is 48.6 Å². The van der Waals surface area contributed by atoms with Crippen molar-refractivity contribution in [3.05, 3.63) is 91.6 Å². The zero-order valence-corrected chi connectivity index (χ0v) is 16.3. The predicted molar refractivity (Wildman–Crippen MR) is 114 cm³/mol. The van der Waals surface area contributed by atoms with Crippen LogP contribution >= 0.6 is 34.5 Å². The second-order valence-corrected chi connectivity index (χ2v) is 7.61. The van der Waals surface area contributed by atoms with Gasteiger partial charge in [-0.1, -0.05) is 47.5 Å². The van der Waals surface area contributed by atoms with Gasteiger partial charge in [-0.15, -0.1) is 11.3 Å². The van der Waals surface area contributed by atoms with Crippen LogP contribution in [0.1, 0.15) is 20.9 Å². The van der Waals surface area contributed by atoms with Crippen molar-refractivity contribution in [2.24, 2.45) is 0 Å². The van der Waals surface area contributed by atoms with Crippen molar-refractivity contribution in [2.45, 2.75) is 0 Å². The summed E-state index contributed by atoms with van der Waals surface area (Å²) in [4.78, 5) is 1.86. The molecule has 0 unspecified atom stereocenters. The molecule has 0 fully saturated rings. The van der Waals surface area contributed by atoms with E-state index in [0.717, 1.165) is 20.9 Å².